The molecule has 7 heteroatoms. The number of halogens is 1. The van der Waals surface area contributed by atoms with Crippen LogP contribution < -0.4 is 15.4 Å². The Morgan fingerprint density at radius 2 is 1.79 bits per heavy atom. The monoisotopic (exact) mass is 462 g/mol. The fraction of sp³-hybridized carbons (Fsp3) is 0.259. The number of hydrogen-bond donors (Lipinski definition) is 2. The lowest BCUT2D eigenvalue weighted by molar-refractivity contribution is -0.139. The molecule has 2 N–H and O–H groups in total. The number of rotatable bonds is 8. The minimum absolute atomic E-state index is 0.199. The third-order valence-corrected chi connectivity index (χ3v) is 5.68. The van der Waals surface area contributed by atoms with E-state index in [4.69, 9.17) is 9.47 Å². The van der Waals surface area contributed by atoms with Gasteiger partial charge in [0.15, 0.2) is 0 Å². The Morgan fingerprint density at radius 1 is 1.03 bits per heavy atom. The lowest BCUT2D eigenvalue weighted by Gasteiger charge is -2.31. The number of benzene rings is 3. The average Bonchev–Trinajstić information content (AvgIpc) is 2.83. The second-order valence-corrected chi connectivity index (χ2v) is 8.01. The van der Waals surface area contributed by atoms with E-state index in [1.54, 1.807) is 19.1 Å². The van der Waals surface area contributed by atoms with Gasteiger partial charge in [0.1, 0.15) is 18.2 Å². The number of allylic oxidation sites excluding steroid dienone is 1. The predicted molar refractivity (Wildman–Crippen MR) is 128 cm³/mol. The summed E-state index contributed by atoms with van der Waals surface area (Å²) < 4.78 is 24.9. The van der Waals surface area contributed by atoms with Crippen molar-refractivity contribution >= 4 is 22.8 Å². The Bertz CT molecular complexity index is 1240. The Hall–Kier alpha value is -3.87. The summed E-state index contributed by atoms with van der Waals surface area (Å²) in [6, 6.07) is 16.4. The molecule has 1 aliphatic rings. The maximum Gasteiger partial charge on any atom is 0.338 e. The summed E-state index contributed by atoms with van der Waals surface area (Å²) >= 11 is 0. The highest BCUT2D eigenvalue weighted by atomic mass is 19.1. The number of carbonyl (C=O) groups excluding carboxylic acids is 2. The normalized spacial score (nSPS) is 15.6. The Morgan fingerprint density at radius 3 is 2.53 bits per heavy atom. The number of amides is 2. The predicted octanol–water partition coefficient (Wildman–Crippen LogP) is 5.53. The summed E-state index contributed by atoms with van der Waals surface area (Å²) in [6.07, 6.45) is 1.27. The number of hydrogen-bond acceptors (Lipinski definition) is 4. The molecule has 0 aliphatic carbocycles. The molecule has 2 amide bonds. The molecule has 0 radical (unpaired) electrons. The van der Waals surface area contributed by atoms with E-state index in [9.17, 15) is 14.0 Å². The van der Waals surface area contributed by atoms with Crippen LogP contribution in [0.25, 0.3) is 10.8 Å². The lowest BCUT2D eigenvalue weighted by Crippen LogP contribution is -2.46. The van der Waals surface area contributed by atoms with E-state index in [0.717, 1.165) is 22.8 Å². The van der Waals surface area contributed by atoms with Crippen LogP contribution in [0.5, 0.6) is 5.75 Å². The van der Waals surface area contributed by atoms with Crippen molar-refractivity contribution in [2.45, 2.75) is 39.3 Å². The van der Waals surface area contributed by atoms with E-state index in [0.29, 0.717) is 29.0 Å². The van der Waals surface area contributed by atoms with Crippen LogP contribution in [0.2, 0.25) is 0 Å². The molecular formula is C27H27FN2O4. The van der Waals surface area contributed by atoms with Crippen molar-refractivity contribution in [3.05, 3.63) is 88.9 Å². The van der Waals surface area contributed by atoms with Gasteiger partial charge in [-0.3, -0.25) is 0 Å². The van der Waals surface area contributed by atoms with Crippen molar-refractivity contribution in [2.75, 3.05) is 6.61 Å². The fourth-order valence-electron chi connectivity index (χ4n) is 4.17. The molecule has 0 saturated heterocycles. The van der Waals surface area contributed by atoms with Gasteiger partial charge in [-0.25, -0.2) is 14.0 Å². The van der Waals surface area contributed by atoms with Crippen molar-refractivity contribution in [2.24, 2.45) is 0 Å². The number of carbonyl (C=O) groups is 2. The van der Waals surface area contributed by atoms with Gasteiger partial charge in [0.05, 0.1) is 18.2 Å². The SMILES string of the molecule is CCCC1=C(C(=O)OCC)C(c2c(OCc3ccc(F)cc3)ccc3ccccc23)NC(=O)N1. The van der Waals surface area contributed by atoms with Crippen LogP contribution in [0.3, 0.4) is 0 Å². The maximum atomic E-state index is 13.3. The van der Waals surface area contributed by atoms with Crippen LogP contribution in [-0.4, -0.2) is 18.6 Å². The number of fused-ring (bicyclic) bond motifs is 1. The zero-order valence-electron chi connectivity index (χ0n) is 19.2. The molecule has 0 bridgehead atoms. The standard InChI is InChI=1S/C27H27FN2O4/c1-3-7-21-24(26(31)33-4-2)25(30-27(32)29-21)23-20-9-6-5-8-18(20)12-15-22(23)34-16-17-10-13-19(28)14-11-17/h5-6,8-15,25H,3-4,7,16H2,1-2H3,(H2,29,30,32). The van der Waals surface area contributed by atoms with Gasteiger partial charge in [-0.05, 0) is 47.9 Å². The largest absolute Gasteiger partial charge is 0.489 e. The van der Waals surface area contributed by atoms with E-state index in [-0.39, 0.29) is 25.1 Å². The van der Waals surface area contributed by atoms with Crippen molar-refractivity contribution in [3.8, 4) is 5.75 Å². The van der Waals surface area contributed by atoms with E-state index in [1.807, 2.05) is 43.3 Å². The molecule has 0 fully saturated rings. The summed E-state index contributed by atoms with van der Waals surface area (Å²) in [5.74, 6) is -0.283. The number of ether oxygens (including phenoxy) is 2. The van der Waals surface area contributed by atoms with Crippen LogP contribution >= 0.6 is 0 Å². The lowest BCUT2D eigenvalue weighted by atomic mass is 9.89. The average molecular weight is 463 g/mol. The number of esters is 1. The van der Waals surface area contributed by atoms with Gasteiger partial charge in [-0.1, -0.05) is 55.8 Å². The van der Waals surface area contributed by atoms with E-state index < -0.39 is 12.0 Å². The summed E-state index contributed by atoms with van der Waals surface area (Å²) in [5.41, 5.74) is 2.38. The zero-order chi connectivity index (χ0) is 24.1. The van der Waals surface area contributed by atoms with Crippen molar-refractivity contribution in [3.63, 3.8) is 0 Å². The Kier molecular flexibility index (Phi) is 7.11. The summed E-state index contributed by atoms with van der Waals surface area (Å²) in [4.78, 5) is 25.7. The molecule has 3 aromatic rings. The minimum Gasteiger partial charge on any atom is -0.489 e. The highest BCUT2D eigenvalue weighted by Crippen LogP contribution is 2.39. The van der Waals surface area contributed by atoms with Gasteiger partial charge in [-0.2, -0.15) is 0 Å². The third-order valence-electron chi connectivity index (χ3n) is 5.68. The molecule has 34 heavy (non-hydrogen) atoms. The second-order valence-electron chi connectivity index (χ2n) is 8.01. The molecule has 176 valence electrons. The Balaban J connectivity index is 1.84. The van der Waals surface area contributed by atoms with E-state index in [1.165, 1.54) is 12.1 Å². The smallest absolute Gasteiger partial charge is 0.338 e. The van der Waals surface area contributed by atoms with Gasteiger partial charge in [-0.15, -0.1) is 0 Å². The topological polar surface area (TPSA) is 76.7 Å². The maximum absolute atomic E-state index is 13.3. The second kappa shape index (κ2) is 10.4. The molecule has 0 spiro atoms. The van der Waals surface area contributed by atoms with Crippen LogP contribution in [-0.2, 0) is 16.1 Å². The van der Waals surface area contributed by atoms with E-state index >= 15 is 0 Å². The molecule has 3 aromatic carbocycles. The first-order valence-corrected chi connectivity index (χ1v) is 11.4. The highest BCUT2D eigenvalue weighted by Gasteiger charge is 2.36. The minimum atomic E-state index is -0.760. The summed E-state index contributed by atoms with van der Waals surface area (Å²) in [5, 5.41) is 7.49. The van der Waals surface area contributed by atoms with Crippen molar-refractivity contribution in [1.29, 1.82) is 0 Å². The van der Waals surface area contributed by atoms with Crippen LogP contribution in [0, 0.1) is 5.82 Å². The van der Waals surface area contributed by atoms with Gasteiger partial charge in [0.2, 0.25) is 0 Å². The number of urea groups is 1. The third kappa shape index (κ3) is 4.88. The van der Waals surface area contributed by atoms with Crippen LogP contribution in [0.4, 0.5) is 9.18 Å². The molecule has 6 nitrogen and oxygen atoms in total. The van der Waals surface area contributed by atoms with E-state index in [2.05, 4.69) is 10.6 Å². The first-order valence-electron chi connectivity index (χ1n) is 11.4. The van der Waals surface area contributed by atoms with Gasteiger partial charge in [0.25, 0.3) is 0 Å². The van der Waals surface area contributed by atoms with Crippen LogP contribution in [0.15, 0.2) is 71.9 Å². The molecule has 1 aliphatic heterocycles. The van der Waals surface area contributed by atoms with Crippen molar-refractivity contribution in [1.82, 2.24) is 10.6 Å². The fourth-order valence-corrected chi connectivity index (χ4v) is 4.17. The van der Waals surface area contributed by atoms with Gasteiger partial charge in [0, 0.05) is 11.3 Å². The molecule has 4 rings (SSSR count). The van der Waals surface area contributed by atoms with Crippen LogP contribution in [0.1, 0.15) is 43.9 Å². The summed E-state index contributed by atoms with van der Waals surface area (Å²) in [6.45, 7) is 4.14. The first-order chi connectivity index (χ1) is 16.5. The molecule has 1 atom stereocenters. The molecule has 1 unspecified atom stereocenters. The zero-order valence-corrected chi connectivity index (χ0v) is 19.2. The Labute approximate surface area is 197 Å². The molecular weight excluding hydrogens is 435 g/mol. The molecule has 0 saturated carbocycles. The van der Waals surface area contributed by atoms with Gasteiger partial charge >= 0.3 is 12.0 Å². The molecule has 0 aromatic heterocycles. The van der Waals surface area contributed by atoms with Crippen molar-refractivity contribution < 1.29 is 23.5 Å². The van der Waals surface area contributed by atoms with Gasteiger partial charge < -0.3 is 20.1 Å². The highest BCUT2D eigenvalue weighted by molar-refractivity contribution is 5.98. The molecule has 1 heterocycles. The quantitative estimate of drug-likeness (QED) is 0.432. The first kappa shape index (κ1) is 23.3. The summed E-state index contributed by atoms with van der Waals surface area (Å²) in [7, 11) is 0. The number of nitrogens with one attached hydrogen (secondary N) is 2.